The van der Waals surface area contributed by atoms with Crippen molar-refractivity contribution in [2.24, 2.45) is 10.7 Å². The number of rotatable bonds is 6. The summed E-state index contributed by atoms with van der Waals surface area (Å²) in [6.07, 6.45) is 1.55. The number of fused-ring (bicyclic) bond motifs is 1. The number of hydrogen-bond donors (Lipinski definition) is 3. The summed E-state index contributed by atoms with van der Waals surface area (Å²) in [5.41, 5.74) is 5.69. The van der Waals surface area contributed by atoms with E-state index in [-0.39, 0.29) is 19.9 Å². The lowest BCUT2D eigenvalue weighted by atomic mass is 10.3. The van der Waals surface area contributed by atoms with E-state index in [1.54, 1.807) is 18.2 Å². The van der Waals surface area contributed by atoms with Gasteiger partial charge in [-0.05, 0) is 25.0 Å². The van der Waals surface area contributed by atoms with E-state index in [1.165, 1.54) is 0 Å². The van der Waals surface area contributed by atoms with E-state index in [2.05, 4.69) is 10.3 Å². The minimum atomic E-state index is -0.713. The van der Waals surface area contributed by atoms with Crippen LogP contribution in [0.5, 0.6) is 17.2 Å². The topological polar surface area (TPSA) is 98.3 Å². The van der Waals surface area contributed by atoms with Crippen LogP contribution in [0.25, 0.3) is 0 Å². The number of nitrogens with zero attached hydrogens (tertiary/aromatic N) is 1. The summed E-state index contributed by atoms with van der Waals surface area (Å²) in [6, 6.07) is 5.74. The fourth-order valence-electron chi connectivity index (χ4n) is 1.90. The van der Waals surface area contributed by atoms with Gasteiger partial charge < -0.3 is 30.4 Å². The molecule has 114 valence electrons. The molecular formula is C14H19N3O4. The van der Waals surface area contributed by atoms with Crippen molar-refractivity contribution in [1.29, 1.82) is 0 Å². The Morgan fingerprint density at radius 3 is 3.05 bits per heavy atom. The number of nitrogens with two attached hydrogens (primary N) is 1. The van der Waals surface area contributed by atoms with Crippen molar-refractivity contribution < 1.29 is 19.3 Å². The molecule has 7 heteroatoms. The van der Waals surface area contributed by atoms with Gasteiger partial charge in [0.2, 0.25) is 6.79 Å². The van der Waals surface area contributed by atoms with Crippen LogP contribution in [0.15, 0.2) is 23.2 Å². The Morgan fingerprint density at radius 2 is 2.24 bits per heavy atom. The van der Waals surface area contributed by atoms with Crippen LogP contribution in [-0.2, 0) is 0 Å². The number of hydrogen-bond acceptors (Lipinski definition) is 5. The van der Waals surface area contributed by atoms with Crippen LogP contribution >= 0.6 is 0 Å². The van der Waals surface area contributed by atoms with Crippen LogP contribution in [0.3, 0.4) is 0 Å². The Morgan fingerprint density at radius 1 is 1.43 bits per heavy atom. The Labute approximate surface area is 122 Å². The molecule has 3 rings (SSSR count). The number of guanidine groups is 1. The maximum Gasteiger partial charge on any atom is 0.231 e. The number of aliphatic imine (C=N–C) groups is 1. The second kappa shape index (κ2) is 6.09. The van der Waals surface area contributed by atoms with Crippen molar-refractivity contribution in [3.05, 3.63) is 18.2 Å². The second-order valence-electron chi connectivity index (χ2n) is 5.12. The molecule has 1 aromatic carbocycles. The maximum atomic E-state index is 9.83. The van der Waals surface area contributed by atoms with Gasteiger partial charge in [0.1, 0.15) is 18.5 Å². The Bertz CT molecular complexity index is 531. The third-order valence-corrected chi connectivity index (χ3v) is 3.19. The lowest BCUT2D eigenvalue weighted by Crippen LogP contribution is -2.34. The van der Waals surface area contributed by atoms with Gasteiger partial charge in [0, 0.05) is 12.1 Å². The molecule has 2 aliphatic rings. The van der Waals surface area contributed by atoms with Crippen molar-refractivity contribution in [1.82, 2.24) is 5.32 Å². The molecule has 1 fully saturated rings. The summed E-state index contributed by atoms with van der Waals surface area (Å²) < 4.78 is 16.0. The third kappa shape index (κ3) is 3.91. The van der Waals surface area contributed by atoms with E-state index in [4.69, 9.17) is 19.9 Å². The van der Waals surface area contributed by atoms with Crippen LogP contribution in [0.2, 0.25) is 0 Å². The van der Waals surface area contributed by atoms with Gasteiger partial charge in [-0.1, -0.05) is 0 Å². The molecule has 0 bridgehead atoms. The molecule has 0 saturated heterocycles. The van der Waals surface area contributed by atoms with Crippen molar-refractivity contribution in [2.75, 3.05) is 19.9 Å². The highest BCUT2D eigenvalue weighted by Gasteiger charge is 2.21. The zero-order chi connectivity index (χ0) is 14.7. The summed E-state index contributed by atoms with van der Waals surface area (Å²) in [4.78, 5) is 4.08. The Balaban J connectivity index is 1.43. The van der Waals surface area contributed by atoms with Crippen LogP contribution in [0.1, 0.15) is 12.8 Å². The maximum absolute atomic E-state index is 9.83. The van der Waals surface area contributed by atoms with Gasteiger partial charge in [0.05, 0.1) is 6.54 Å². The second-order valence-corrected chi connectivity index (χ2v) is 5.12. The van der Waals surface area contributed by atoms with Crippen molar-refractivity contribution >= 4 is 5.96 Å². The number of ether oxygens (including phenoxy) is 3. The predicted octanol–water partition coefficient (Wildman–Crippen LogP) is 0.222. The molecule has 1 aromatic rings. The lowest BCUT2D eigenvalue weighted by Gasteiger charge is -2.11. The summed E-state index contributed by atoms with van der Waals surface area (Å²) in [5, 5.41) is 12.9. The zero-order valence-electron chi connectivity index (χ0n) is 11.6. The number of nitrogens with one attached hydrogen (secondary N) is 1. The van der Waals surface area contributed by atoms with Crippen molar-refractivity contribution in [2.45, 2.75) is 25.0 Å². The highest BCUT2D eigenvalue weighted by Crippen LogP contribution is 2.35. The van der Waals surface area contributed by atoms with E-state index in [0.29, 0.717) is 29.2 Å². The van der Waals surface area contributed by atoms with E-state index < -0.39 is 6.10 Å². The van der Waals surface area contributed by atoms with Gasteiger partial charge in [0.15, 0.2) is 17.5 Å². The predicted molar refractivity (Wildman–Crippen MR) is 76.7 cm³/mol. The Hall–Kier alpha value is -2.15. The first-order valence-corrected chi connectivity index (χ1v) is 6.97. The lowest BCUT2D eigenvalue weighted by molar-refractivity contribution is 0.114. The fourth-order valence-corrected chi connectivity index (χ4v) is 1.90. The summed E-state index contributed by atoms with van der Waals surface area (Å²) in [5.74, 6) is 2.34. The molecule has 1 atom stereocenters. The first kappa shape index (κ1) is 13.8. The molecule has 0 amide bonds. The molecule has 4 N–H and O–H groups in total. The smallest absolute Gasteiger partial charge is 0.231 e. The summed E-state index contributed by atoms with van der Waals surface area (Å²) in [6.45, 7) is 0.569. The van der Waals surface area contributed by atoms with Gasteiger partial charge in [-0.15, -0.1) is 0 Å². The summed E-state index contributed by atoms with van der Waals surface area (Å²) in [7, 11) is 0. The third-order valence-electron chi connectivity index (χ3n) is 3.19. The highest BCUT2D eigenvalue weighted by atomic mass is 16.7. The minimum absolute atomic E-state index is 0.139. The molecule has 7 nitrogen and oxygen atoms in total. The van der Waals surface area contributed by atoms with Gasteiger partial charge in [0.25, 0.3) is 0 Å². The van der Waals surface area contributed by atoms with Crippen LogP contribution < -0.4 is 25.3 Å². The molecule has 0 unspecified atom stereocenters. The highest BCUT2D eigenvalue weighted by molar-refractivity contribution is 5.78. The molecule has 0 aromatic heterocycles. The average molecular weight is 293 g/mol. The van der Waals surface area contributed by atoms with Gasteiger partial charge in [-0.25, -0.2) is 0 Å². The van der Waals surface area contributed by atoms with Gasteiger partial charge in [-0.2, -0.15) is 0 Å². The first-order chi connectivity index (χ1) is 10.2. The van der Waals surface area contributed by atoms with Crippen molar-refractivity contribution in [3.63, 3.8) is 0 Å². The van der Waals surface area contributed by atoms with E-state index >= 15 is 0 Å². The number of benzene rings is 1. The molecule has 1 heterocycles. The van der Waals surface area contributed by atoms with Crippen LogP contribution in [0, 0.1) is 0 Å². The fraction of sp³-hybridized carbons (Fsp3) is 0.500. The van der Waals surface area contributed by atoms with E-state index in [1.807, 2.05) is 0 Å². The minimum Gasteiger partial charge on any atom is -0.491 e. The standard InChI is InChI=1S/C14H19N3O4/c15-14(17-9-1-2-9)16-6-10(18)7-19-11-3-4-12-13(5-11)21-8-20-12/h3-5,9-10,18H,1-2,6-8H2,(H3,15,16,17)/t10-/m1/s1. The Kier molecular flexibility index (Phi) is 4.01. The summed E-state index contributed by atoms with van der Waals surface area (Å²) >= 11 is 0. The van der Waals surface area contributed by atoms with Gasteiger partial charge >= 0.3 is 0 Å². The van der Waals surface area contributed by atoms with E-state index in [0.717, 1.165) is 12.8 Å². The largest absolute Gasteiger partial charge is 0.491 e. The molecule has 1 aliphatic heterocycles. The SMILES string of the molecule is NC(=NC[C@@H](O)COc1ccc2c(c1)OCO2)NC1CC1. The van der Waals surface area contributed by atoms with Crippen LogP contribution in [-0.4, -0.2) is 43.2 Å². The van der Waals surface area contributed by atoms with Crippen LogP contribution in [0.4, 0.5) is 0 Å². The van der Waals surface area contributed by atoms with Gasteiger partial charge in [-0.3, -0.25) is 4.99 Å². The normalized spacial score (nSPS) is 18.4. The molecular weight excluding hydrogens is 274 g/mol. The quantitative estimate of drug-likeness (QED) is 0.513. The monoisotopic (exact) mass is 293 g/mol. The number of aliphatic hydroxyl groups excluding tert-OH is 1. The van der Waals surface area contributed by atoms with Crippen molar-refractivity contribution in [3.8, 4) is 17.2 Å². The first-order valence-electron chi connectivity index (χ1n) is 6.97. The number of aliphatic hydroxyl groups is 1. The molecule has 1 aliphatic carbocycles. The zero-order valence-corrected chi connectivity index (χ0v) is 11.6. The molecule has 0 radical (unpaired) electrons. The average Bonchev–Trinajstić information content (AvgIpc) is 3.16. The molecule has 0 spiro atoms. The molecule has 21 heavy (non-hydrogen) atoms. The van der Waals surface area contributed by atoms with E-state index in [9.17, 15) is 5.11 Å². The molecule has 1 saturated carbocycles.